The molecule has 19 heavy (non-hydrogen) atoms. The normalized spacial score (nSPS) is 11.6. The van der Waals surface area contributed by atoms with Gasteiger partial charge in [0.05, 0.1) is 7.11 Å². The summed E-state index contributed by atoms with van der Waals surface area (Å²) < 4.78 is 5.42. The van der Waals surface area contributed by atoms with Gasteiger partial charge in [-0.05, 0) is 24.6 Å². The molecule has 5 nitrogen and oxygen atoms in total. The minimum Gasteiger partial charge on any atom is -0.467 e. The Kier molecular flexibility index (Phi) is 10.1. The average molecular weight is 324 g/mol. The van der Waals surface area contributed by atoms with Crippen LogP contribution in [0.3, 0.4) is 0 Å². The molecule has 110 valence electrons. The van der Waals surface area contributed by atoms with Crippen molar-refractivity contribution in [2.75, 3.05) is 26.0 Å². The molecule has 0 bridgehead atoms. The Balaban J connectivity index is 4.22. The largest absolute Gasteiger partial charge is 0.467 e. The molecule has 0 aliphatic carbocycles. The fourth-order valence-corrected chi connectivity index (χ4v) is 4.05. The minimum atomic E-state index is -0.639. The van der Waals surface area contributed by atoms with Gasteiger partial charge in [-0.3, -0.25) is 4.79 Å². The highest BCUT2D eigenvalue weighted by atomic mass is 33.1. The van der Waals surface area contributed by atoms with Crippen molar-refractivity contribution < 1.29 is 14.3 Å². The number of amides is 1. The number of thiocarbonyl (C=S) groups is 1. The van der Waals surface area contributed by atoms with E-state index in [-0.39, 0.29) is 5.91 Å². The third kappa shape index (κ3) is 7.64. The Labute approximate surface area is 127 Å². The van der Waals surface area contributed by atoms with Crippen molar-refractivity contribution in [2.24, 2.45) is 0 Å². The van der Waals surface area contributed by atoms with Crippen LogP contribution in [0.4, 0.5) is 0 Å². The summed E-state index contributed by atoms with van der Waals surface area (Å²) in [5.74, 6) is -0.289. The highest BCUT2D eigenvalue weighted by Crippen LogP contribution is 2.26. The van der Waals surface area contributed by atoms with Gasteiger partial charge in [-0.25, -0.2) is 4.79 Å². The molecule has 1 atom stereocenters. The molecule has 0 unspecified atom stereocenters. The number of nitrogens with zero attached hydrogens (tertiary/aromatic N) is 1. The molecular formula is C11H20N2O3S3. The van der Waals surface area contributed by atoms with E-state index in [1.165, 1.54) is 35.6 Å². The van der Waals surface area contributed by atoms with Crippen molar-refractivity contribution >= 4 is 50.0 Å². The van der Waals surface area contributed by atoms with E-state index in [2.05, 4.69) is 15.0 Å². The van der Waals surface area contributed by atoms with E-state index in [4.69, 9.17) is 12.2 Å². The van der Waals surface area contributed by atoms with Crippen LogP contribution in [0.1, 0.15) is 20.8 Å². The van der Waals surface area contributed by atoms with E-state index in [9.17, 15) is 9.59 Å². The highest BCUT2D eigenvalue weighted by Gasteiger charge is 2.20. The number of hydrogen-bond donors (Lipinski definition) is 1. The highest BCUT2D eigenvalue weighted by molar-refractivity contribution is 8.83. The lowest BCUT2D eigenvalue weighted by Crippen LogP contribution is -2.42. The van der Waals surface area contributed by atoms with Crippen LogP contribution in [0.15, 0.2) is 0 Å². The lowest BCUT2D eigenvalue weighted by molar-refractivity contribution is -0.144. The zero-order chi connectivity index (χ0) is 14.8. The molecule has 0 saturated heterocycles. The first kappa shape index (κ1) is 18.5. The van der Waals surface area contributed by atoms with Crippen LogP contribution < -0.4 is 5.32 Å². The van der Waals surface area contributed by atoms with E-state index in [1.54, 1.807) is 0 Å². The second-order valence-corrected chi connectivity index (χ2v) is 6.56. The van der Waals surface area contributed by atoms with Gasteiger partial charge in [0, 0.05) is 25.8 Å². The monoisotopic (exact) mass is 324 g/mol. The maximum absolute atomic E-state index is 11.5. The van der Waals surface area contributed by atoms with Crippen LogP contribution in [0.2, 0.25) is 0 Å². The van der Waals surface area contributed by atoms with Crippen molar-refractivity contribution in [2.45, 2.75) is 26.8 Å². The first-order valence-corrected chi connectivity index (χ1v) is 8.62. The molecular weight excluding hydrogens is 304 g/mol. The standard InChI is InChI=1S/C11H20N2O3S3/c1-5-13(6-2)11(17)19-18-7-9(10(15)16-4)12-8(3)14/h9H,5-7H2,1-4H3,(H,12,14)/t9-/m0/s1. The van der Waals surface area contributed by atoms with Crippen LogP contribution in [0.5, 0.6) is 0 Å². The van der Waals surface area contributed by atoms with Crippen LogP contribution in [-0.4, -0.2) is 53.1 Å². The number of esters is 1. The first-order chi connectivity index (χ1) is 8.96. The summed E-state index contributed by atoms with van der Waals surface area (Å²) in [7, 11) is 4.17. The van der Waals surface area contributed by atoms with Crippen molar-refractivity contribution in [1.82, 2.24) is 10.2 Å². The van der Waals surface area contributed by atoms with Crippen LogP contribution in [-0.2, 0) is 14.3 Å². The minimum absolute atomic E-state index is 0.257. The summed E-state index contributed by atoms with van der Waals surface area (Å²) in [6.07, 6.45) is 0. The van der Waals surface area contributed by atoms with Gasteiger partial charge in [-0.15, -0.1) is 0 Å². The van der Waals surface area contributed by atoms with Gasteiger partial charge >= 0.3 is 5.97 Å². The smallest absolute Gasteiger partial charge is 0.329 e. The van der Waals surface area contributed by atoms with Crippen molar-refractivity contribution in [3.05, 3.63) is 0 Å². The van der Waals surface area contributed by atoms with Crippen molar-refractivity contribution in [1.29, 1.82) is 0 Å². The van der Waals surface area contributed by atoms with E-state index < -0.39 is 12.0 Å². The molecule has 0 radical (unpaired) electrons. The van der Waals surface area contributed by atoms with Crippen molar-refractivity contribution in [3.8, 4) is 0 Å². The Morgan fingerprint density at radius 1 is 1.37 bits per heavy atom. The van der Waals surface area contributed by atoms with E-state index >= 15 is 0 Å². The average Bonchev–Trinajstić information content (AvgIpc) is 2.37. The number of rotatable bonds is 7. The molecule has 0 rings (SSSR count). The van der Waals surface area contributed by atoms with Crippen LogP contribution >= 0.6 is 33.8 Å². The van der Waals surface area contributed by atoms with Crippen LogP contribution in [0, 0.1) is 0 Å². The van der Waals surface area contributed by atoms with Gasteiger partial charge in [-0.1, -0.05) is 23.0 Å². The van der Waals surface area contributed by atoms with Crippen LogP contribution in [0.25, 0.3) is 0 Å². The Hall–Kier alpha value is -0.470. The molecule has 8 heteroatoms. The Bertz CT molecular complexity index is 322. The lowest BCUT2D eigenvalue weighted by Gasteiger charge is -2.21. The molecule has 0 aliphatic heterocycles. The molecule has 0 aromatic carbocycles. The number of methoxy groups -OCH3 is 1. The number of nitrogens with one attached hydrogen (secondary N) is 1. The number of ether oxygens (including phenoxy) is 1. The maximum atomic E-state index is 11.5. The van der Waals surface area contributed by atoms with Gasteiger partial charge in [0.15, 0.2) is 0 Å². The summed E-state index contributed by atoms with van der Waals surface area (Å²) in [5.41, 5.74) is 0. The Morgan fingerprint density at radius 2 is 1.95 bits per heavy atom. The molecule has 0 heterocycles. The second-order valence-electron chi connectivity index (χ2n) is 3.58. The molecule has 0 aromatic rings. The molecule has 0 aromatic heterocycles. The molecule has 0 spiro atoms. The summed E-state index contributed by atoms with van der Waals surface area (Å²) in [6.45, 7) is 7.16. The SMILES string of the molecule is CCN(CC)C(=S)SSC[C@H](NC(C)=O)C(=O)OC. The third-order valence-electron chi connectivity index (χ3n) is 2.25. The second kappa shape index (κ2) is 10.3. The maximum Gasteiger partial charge on any atom is 0.329 e. The molecule has 1 N–H and O–H groups in total. The summed E-state index contributed by atoms with van der Waals surface area (Å²) in [5, 5.41) is 2.56. The predicted molar refractivity (Wildman–Crippen MR) is 85.2 cm³/mol. The van der Waals surface area contributed by atoms with Gasteiger partial charge in [0.2, 0.25) is 5.91 Å². The number of hydrogen-bond acceptors (Lipinski definition) is 6. The van der Waals surface area contributed by atoms with Gasteiger partial charge in [0.25, 0.3) is 0 Å². The van der Waals surface area contributed by atoms with Crippen molar-refractivity contribution in [3.63, 3.8) is 0 Å². The number of carbonyl (C=O) groups is 2. The topological polar surface area (TPSA) is 58.6 Å². The molecule has 0 fully saturated rings. The third-order valence-corrected chi connectivity index (χ3v) is 5.30. The zero-order valence-electron chi connectivity index (χ0n) is 11.6. The summed E-state index contributed by atoms with van der Waals surface area (Å²) in [4.78, 5) is 24.5. The van der Waals surface area contributed by atoms with Gasteiger partial charge in [-0.2, -0.15) is 0 Å². The first-order valence-electron chi connectivity index (χ1n) is 5.89. The predicted octanol–water partition coefficient (Wildman–Crippen LogP) is 1.67. The molecule has 0 saturated carbocycles. The van der Waals surface area contributed by atoms with Gasteiger partial charge in [0.1, 0.15) is 10.4 Å². The van der Waals surface area contributed by atoms with E-state index in [1.807, 2.05) is 13.8 Å². The van der Waals surface area contributed by atoms with Gasteiger partial charge < -0.3 is 15.0 Å². The lowest BCUT2D eigenvalue weighted by atomic mass is 10.3. The summed E-state index contributed by atoms with van der Waals surface area (Å²) in [6, 6.07) is -0.639. The Morgan fingerprint density at radius 3 is 2.37 bits per heavy atom. The molecule has 0 aliphatic rings. The van der Waals surface area contributed by atoms with E-state index in [0.717, 1.165) is 17.4 Å². The fraction of sp³-hybridized carbons (Fsp3) is 0.727. The summed E-state index contributed by atoms with van der Waals surface area (Å²) >= 11 is 5.27. The quantitative estimate of drug-likeness (QED) is 0.434. The zero-order valence-corrected chi connectivity index (χ0v) is 14.0. The fourth-order valence-electron chi connectivity index (χ4n) is 1.24. The van der Waals surface area contributed by atoms with E-state index in [0.29, 0.717) is 5.75 Å². The molecule has 1 amide bonds. The number of carbonyl (C=O) groups excluding carboxylic acids is 2.